The first kappa shape index (κ1) is 19.8. The molecule has 1 fully saturated rings. The van der Waals surface area contributed by atoms with Gasteiger partial charge in [-0.25, -0.2) is 9.78 Å². The van der Waals surface area contributed by atoms with Crippen LogP contribution in [0.1, 0.15) is 70.9 Å². The highest BCUT2D eigenvalue weighted by atomic mass is 16.6. The van der Waals surface area contributed by atoms with Gasteiger partial charge in [0.25, 0.3) is 0 Å². The molecule has 0 bridgehead atoms. The summed E-state index contributed by atoms with van der Waals surface area (Å²) in [6.07, 6.45) is 3.84. The lowest BCUT2D eigenvalue weighted by atomic mass is 10.1. The minimum Gasteiger partial charge on any atom is -0.444 e. The van der Waals surface area contributed by atoms with Crippen molar-refractivity contribution in [1.82, 2.24) is 19.4 Å². The molecule has 0 spiro atoms. The first-order valence-electron chi connectivity index (χ1n) is 9.30. The van der Waals surface area contributed by atoms with Gasteiger partial charge in [0.05, 0.1) is 11.7 Å². The Hall–Kier alpha value is -1.56. The van der Waals surface area contributed by atoms with E-state index in [1.807, 2.05) is 25.7 Å². The highest BCUT2D eigenvalue weighted by Gasteiger charge is 2.36. The largest absolute Gasteiger partial charge is 0.444 e. The summed E-state index contributed by atoms with van der Waals surface area (Å²) in [5.41, 5.74) is 0.609. The Balaban J connectivity index is 2.26. The lowest BCUT2D eigenvalue weighted by molar-refractivity contribution is 0.0215. The van der Waals surface area contributed by atoms with E-state index in [9.17, 15) is 4.79 Å². The van der Waals surface area contributed by atoms with Gasteiger partial charge in [0.2, 0.25) is 0 Å². The van der Waals surface area contributed by atoms with Gasteiger partial charge in [-0.05, 0) is 53.6 Å². The molecule has 6 heteroatoms. The summed E-state index contributed by atoms with van der Waals surface area (Å²) in [4.78, 5) is 21.5. The molecule has 2 rings (SSSR count). The van der Waals surface area contributed by atoms with Crippen LogP contribution in [-0.2, 0) is 11.3 Å². The van der Waals surface area contributed by atoms with Crippen molar-refractivity contribution < 1.29 is 9.53 Å². The fourth-order valence-corrected chi connectivity index (χ4v) is 3.06. The average Bonchev–Trinajstić information content (AvgIpc) is 3.09. The highest BCUT2D eigenvalue weighted by Crippen LogP contribution is 2.33. The molecule has 1 amide bonds. The van der Waals surface area contributed by atoms with Gasteiger partial charge in [-0.15, -0.1) is 0 Å². The van der Waals surface area contributed by atoms with Crippen molar-refractivity contribution in [2.45, 2.75) is 71.6 Å². The van der Waals surface area contributed by atoms with Crippen LogP contribution < -0.4 is 0 Å². The van der Waals surface area contributed by atoms with Crippen molar-refractivity contribution >= 4 is 6.09 Å². The van der Waals surface area contributed by atoms with Crippen molar-refractivity contribution in [3.63, 3.8) is 0 Å². The molecule has 1 aliphatic rings. The second-order valence-electron chi connectivity index (χ2n) is 8.51. The molecule has 0 aliphatic carbocycles. The van der Waals surface area contributed by atoms with Gasteiger partial charge >= 0.3 is 6.09 Å². The Bertz CT molecular complexity index is 587. The second-order valence-corrected chi connectivity index (χ2v) is 8.51. The van der Waals surface area contributed by atoms with Gasteiger partial charge in [0.1, 0.15) is 11.4 Å². The van der Waals surface area contributed by atoms with E-state index in [1.54, 1.807) is 0 Å². The summed E-state index contributed by atoms with van der Waals surface area (Å²) >= 11 is 0. The zero-order valence-electron chi connectivity index (χ0n) is 16.9. The van der Waals surface area contributed by atoms with Crippen molar-refractivity contribution in [2.24, 2.45) is 0 Å². The van der Waals surface area contributed by atoms with E-state index in [-0.39, 0.29) is 12.1 Å². The monoisotopic (exact) mass is 350 g/mol. The number of hydrogen-bond donors (Lipinski definition) is 0. The minimum atomic E-state index is -0.479. The Morgan fingerprint density at radius 3 is 2.64 bits per heavy atom. The van der Waals surface area contributed by atoms with Gasteiger partial charge < -0.3 is 14.2 Å². The van der Waals surface area contributed by atoms with E-state index in [0.717, 1.165) is 44.0 Å². The van der Waals surface area contributed by atoms with E-state index in [2.05, 4.69) is 43.6 Å². The number of aromatic nitrogens is 2. The van der Waals surface area contributed by atoms with Crippen LogP contribution in [0.4, 0.5) is 4.79 Å². The number of carbonyl (C=O) groups is 1. The summed E-state index contributed by atoms with van der Waals surface area (Å²) in [6, 6.07) is 0.00418. The first-order valence-corrected chi connectivity index (χ1v) is 9.30. The van der Waals surface area contributed by atoms with Crippen LogP contribution in [0, 0.1) is 0 Å². The van der Waals surface area contributed by atoms with Crippen LogP contribution in [0.15, 0.2) is 6.20 Å². The number of amides is 1. The molecule has 1 aromatic rings. The third kappa shape index (κ3) is 5.21. The number of imidazole rings is 1. The second kappa shape index (κ2) is 7.77. The minimum absolute atomic E-state index is 0.00418. The zero-order chi connectivity index (χ0) is 18.8. The Kier molecular flexibility index (Phi) is 6.14. The summed E-state index contributed by atoms with van der Waals surface area (Å²) in [5.74, 6) is 1.37. The number of ether oxygens (including phenoxy) is 1. The standard InChI is InChI=1S/C19H34N4O2/c1-14(2)15-13-22(12-11-21(6)7)17(20-15)16-9-8-10-23(16)18(24)25-19(3,4)5/h13-14,16H,8-12H2,1-7H3. The van der Waals surface area contributed by atoms with Crippen molar-refractivity contribution in [2.75, 3.05) is 27.2 Å². The van der Waals surface area contributed by atoms with Crippen molar-refractivity contribution in [1.29, 1.82) is 0 Å². The van der Waals surface area contributed by atoms with Crippen LogP contribution in [0.2, 0.25) is 0 Å². The normalized spacial score (nSPS) is 18.4. The Labute approximate surface area is 152 Å². The molecule has 142 valence electrons. The lowest BCUT2D eigenvalue weighted by Crippen LogP contribution is -2.37. The van der Waals surface area contributed by atoms with Gasteiger partial charge in [0, 0.05) is 25.8 Å². The van der Waals surface area contributed by atoms with Crippen LogP contribution >= 0.6 is 0 Å². The third-order valence-electron chi connectivity index (χ3n) is 4.38. The van der Waals surface area contributed by atoms with Gasteiger partial charge in [-0.1, -0.05) is 13.8 Å². The number of likely N-dealkylation sites (tertiary alicyclic amines) is 1. The SMILES string of the molecule is CC(C)c1cn(CCN(C)C)c(C2CCCN2C(=O)OC(C)(C)C)n1. The van der Waals surface area contributed by atoms with Crippen LogP contribution in [0.3, 0.4) is 0 Å². The van der Waals surface area contributed by atoms with Gasteiger partial charge in [0.15, 0.2) is 0 Å². The first-order chi connectivity index (χ1) is 11.6. The molecule has 0 N–H and O–H groups in total. The maximum atomic E-state index is 12.6. The van der Waals surface area contributed by atoms with Crippen LogP contribution in [0.25, 0.3) is 0 Å². The molecule has 2 heterocycles. The number of likely N-dealkylation sites (N-methyl/N-ethyl adjacent to an activating group) is 1. The lowest BCUT2D eigenvalue weighted by Gasteiger charge is -2.28. The summed E-state index contributed by atoms with van der Waals surface area (Å²) in [6.45, 7) is 12.6. The molecule has 1 saturated heterocycles. The molecule has 25 heavy (non-hydrogen) atoms. The number of hydrogen-bond acceptors (Lipinski definition) is 4. The van der Waals surface area contributed by atoms with Crippen LogP contribution in [0.5, 0.6) is 0 Å². The Morgan fingerprint density at radius 1 is 1.40 bits per heavy atom. The molecule has 0 aromatic carbocycles. The van der Waals surface area contributed by atoms with Crippen LogP contribution in [-0.4, -0.2) is 58.2 Å². The van der Waals surface area contributed by atoms with E-state index < -0.39 is 5.60 Å². The maximum absolute atomic E-state index is 12.6. The number of rotatable bonds is 5. The highest BCUT2D eigenvalue weighted by molar-refractivity contribution is 5.69. The van der Waals surface area contributed by atoms with Crippen molar-refractivity contribution in [3.05, 3.63) is 17.7 Å². The molecule has 1 aromatic heterocycles. The summed E-state index contributed by atoms with van der Waals surface area (Å²) < 4.78 is 7.83. The van der Waals surface area contributed by atoms with E-state index >= 15 is 0 Å². The topological polar surface area (TPSA) is 50.6 Å². The predicted octanol–water partition coefficient (Wildman–Crippen LogP) is 3.64. The fraction of sp³-hybridized carbons (Fsp3) is 0.789. The summed E-state index contributed by atoms with van der Waals surface area (Å²) in [7, 11) is 4.14. The van der Waals surface area contributed by atoms with Gasteiger partial charge in [-0.2, -0.15) is 0 Å². The average molecular weight is 351 g/mol. The molecule has 0 saturated carbocycles. The summed E-state index contributed by atoms with van der Waals surface area (Å²) in [5, 5.41) is 0. The van der Waals surface area contributed by atoms with Gasteiger partial charge in [-0.3, -0.25) is 4.90 Å². The molecular weight excluding hydrogens is 316 g/mol. The smallest absolute Gasteiger partial charge is 0.410 e. The third-order valence-corrected chi connectivity index (χ3v) is 4.38. The Morgan fingerprint density at radius 2 is 2.08 bits per heavy atom. The molecule has 1 atom stereocenters. The van der Waals surface area contributed by atoms with E-state index in [4.69, 9.17) is 9.72 Å². The quantitative estimate of drug-likeness (QED) is 0.813. The van der Waals surface area contributed by atoms with Crippen molar-refractivity contribution in [3.8, 4) is 0 Å². The predicted molar refractivity (Wildman–Crippen MR) is 99.8 cm³/mol. The van der Waals surface area contributed by atoms with E-state index in [0.29, 0.717) is 5.92 Å². The maximum Gasteiger partial charge on any atom is 0.410 e. The molecule has 0 radical (unpaired) electrons. The van der Waals surface area contributed by atoms with E-state index in [1.165, 1.54) is 0 Å². The molecular formula is C19H34N4O2. The fourth-order valence-electron chi connectivity index (χ4n) is 3.06. The zero-order valence-corrected chi connectivity index (χ0v) is 16.9. The number of nitrogens with zero attached hydrogens (tertiary/aromatic N) is 4. The molecule has 6 nitrogen and oxygen atoms in total. The molecule has 1 unspecified atom stereocenters. The molecule has 1 aliphatic heterocycles. The number of carbonyl (C=O) groups excluding carboxylic acids is 1.